The largest absolute Gasteiger partial charge is 0.507 e. The van der Waals surface area contributed by atoms with Crippen molar-refractivity contribution in [3.8, 4) is 5.75 Å². The molecule has 4 heteroatoms. The Morgan fingerprint density at radius 1 is 1.05 bits per heavy atom. The number of phenols is 1. The number of benzene rings is 2. The van der Waals surface area contributed by atoms with Crippen LogP contribution in [0.25, 0.3) is 0 Å². The predicted octanol–water partition coefficient (Wildman–Crippen LogP) is 4.14. The highest BCUT2D eigenvalue weighted by molar-refractivity contribution is 5.42. The lowest BCUT2D eigenvalue weighted by molar-refractivity contribution is 0.466. The Labute approximate surface area is 123 Å². The summed E-state index contributed by atoms with van der Waals surface area (Å²) in [6, 6.07) is 7.64. The van der Waals surface area contributed by atoms with Gasteiger partial charge in [0.2, 0.25) is 0 Å². The van der Waals surface area contributed by atoms with Crippen molar-refractivity contribution in [2.24, 2.45) is 0 Å². The van der Waals surface area contributed by atoms with Crippen molar-refractivity contribution in [1.82, 2.24) is 5.32 Å². The lowest BCUT2D eigenvalue weighted by atomic mass is 10.0. The number of aromatic hydroxyl groups is 1. The van der Waals surface area contributed by atoms with Crippen LogP contribution in [-0.2, 0) is 6.54 Å². The van der Waals surface area contributed by atoms with Gasteiger partial charge in [-0.15, -0.1) is 0 Å². The smallest absolute Gasteiger partial charge is 0.159 e. The van der Waals surface area contributed by atoms with E-state index in [1.807, 2.05) is 32.9 Å². The summed E-state index contributed by atoms with van der Waals surface area (Å²) < 4.78 is 26.1. The normalized spacial score (nSPS) is 12.4. The molecule has 112 valence electrons. The van der Waals surface area contributed by atoms with Gasteiger partial charge in [0.25, 0.3) is 0 Å². The van der Waals surface area contributed by atoms with E-state index in [1.165, 1.54) is 6.07 Å². The Bertz CT molecular complexity index is 632. The molecule has 0 bridgehead atoms. The fourth-order valence-corrected chi connectivity index (χ4v) is 2.32. The summed E-state index contributed by atoms with van der Waals surface area (Å²) in [5, 5.41) is 13.0. The van der Waals surface area contributed by atoms with E-state index < -0.39 is 11.6 Å². The van der Waals surface area contributed by atoms with E-state index in [9.17, 15) is 13.9 Å². The summed E-state index contributed by atoms with van der Waals surface area (Å²) in [7, 11) is 0. The number of hydrogen-bond acceptors (Lipinski definition) is 2. The lowest BCUT2D eigenvalue weighted by Crippen LogP contribution is -2.18. The highest BCUT2D eigenvalue weighted by atomic mass is 19.2. The van der Waals surface area contributed by atoms with Crippen LogP contribution in [0.5, 0.6) is 5.75 Å². The number of nitrogens with one attached hydrogen (secondary N) is 1. The summed E-state index contributed by atoms with van der Waals surface area (Å²) in [4.78, 5) is 0. The molecule has 2 nitrogen and oxygen atoms in total. The van der Waals surface area contributed by atoms with Gasteiger partial charge in [-0.2, -0.15) is 0 Å². The zero-order valence-electron chi connectivity index (χ0n) is 12.4. The SMILES string of the molecule is Cc1cc(CNC(C)c2ccc(F)c(F)c2)cc(C)c1O. The molecular formula is C17H19F2NO. The van der Waals surface area contributed by atoms with Crippen molar-refractivity contribution in [3.63, 3.8) is 0 Å². The van der Waals surface area contributed by atoms with Crippen molar-refractivity contribution in [3.05, 3.63) is 64.2 Å². The molecule has 0 saturated carbocycles. The van der Waals surface area contributed by atoms with Gasteiger partial charge in [-0.3, -0.25) is 0 Å². The first kappa shape index (κ1) is 15.4. The van der Waals surface area contributed by atoms with Crippen LogP contribution >= 0.6 is 0 Å². The average Bonchev–Trinajstić information content (AvgIpc) is 2.44. The van der Waals surface area contributed by atoms with Crippen molar-refractivity contribution in [2.75, 3.05) is 0 Å². The molecule has 2 N–H and O–H groups in total. The number of phenolic OH excluding ortho intramolecular Hbond substituents is 1. The van der Waals surface area contributed by atoms with Crippen molar-refractivity contribution in [2.45, 2.75) is 33.4 Å². The van der Waals surface area contributed by atoms with Crippen LogP contribution in [0.1, 0.15) is 35.2 Å². The molecule has 0 aliphatic rings. The number of halogens is 2. The summed E-state index contributed by atoms with van der Waals surface area (Å²) >= 11 is 0. The van der Waals surface area contributed by atoms with Crippen LogP contribution in [0.4, 0.5) is 8.78 Å². The molecular weight excluding hydrogens is 272 g/mol. The van der Waals surface area contributed by atoms with Crippen LogP contribution in [0.2, 0.25) is 0 Å². The second-order valence-corrected chi connectivity index (χ2v) is 5.35. The molecule has 2 aromatic rings. The number of rotatable bonds is 4. The highest BCUT2D eigenvalue weighted by Gasteiger charge is 2.10. The average molecular weight is 291 g/mol. The molecule has 0 fully saturated rings. The van der Waals surface area contributed by atoms with Gasteiger partial charge >= 0.3 is 0 Å². The zero-order valence-corrected chi connectivity index (χ0v) is 12.4. The third-order valence-corrected chi connectivity index (χ3v) is 3.61. The quantitative estimate of drug-likeness (QED) is 0.887. The van der Waals surface area contributed by atoms with Crippen LogP contribution in [-0.4, -0.2) is 5.11 Å². The van der Waals surface area contributed by atoms with Gasteiger partial charge in [0.05, 0.1) is 0 Å². The first-order valence-corrected chi connectivity index (χ1v) is 6.86. The standard InChI is InChI=1S/C17H19F2NO/c1-10-6-13(7-11(2)17(10)21)9-20-12(3)14-4-5-15(18)16(19)8-14/h4-8,12,20-21H,9H2,1-3H3. The fourth-order valence-electron chi connectivity index (χ4n) is 2.32. The van der Waals surface area contributed by atoms with Gasteiger partial charge in [0.1, 0.15) is 5.75 Å². The van der Waals surface area contributed by atoms with Crippen LogP contribution < -0.4 is 5.32 Å². The topological polar surface area (TPSA) is 32.3 Å². The van der Waals surface area contributed by atoms with Crippen LogP contribution in [0.3, 0.4) is 0 Å². The molecule has 1 atom stereocenters. The fraction of sp³-hybridized carbons (Fsp3) is 0.294. The summed E-state index contributed by atoms with van der Waals surface area (Å²) in [6.07, 6.45) is 0. The molecule has 0 amide bonds. The molecule has 1 unspecified atom stereocenters. The third-order valence-electron chi connectivity index (χ3n) is 3.61. The lowest BCUT2D eigenvalue weighted by Gasteiger charge is -2.15. The molecule has 0 spiro atoms. The van der Waals surface area contributed by atoms with E-state index in [-0.39, 0.29) is 6.04 Å². The van der Waals surface area contributed by atoms with Crippen LogP contribution in [0.15, 0.2) is 30.3 Å². The van der Waals surface area contributed by atoms with Crippen molar-refractivity contribution >= 4 is 0 Å². The maximum atomic E-state index is 13.2. The molecule has 0 aromatic heterocycles. The number of hydrogen-bond donors (Lipinski definition) is 2. The Kier molecular flexibility index (Phi) is 4.58. The summed E-state index contributed by atoms with van der Waals surface area (Å²) in [6.45, 7) is 6.18. The van der Waals surface area contributed by atoms with Gasteiger partial charge in [-0.1, -0.05) is 18.2 Å². The Balaban J connectivity index is 2.07. The first-order chi connectivity index (χ1) is 9.88. The highest BCUT2D eigenvalue weighted by Crippen LogP contribution is 2.23. The molecule has 0 aliphatic heterocycles. The molecule has 2 rings (SSSR count). The minimum atomic E-state index is -0.837. The first-order valence-electron chi connectivity index (χ1n) is 6.86. The van der Waals surface area contributed by atoms with Crippen molar-refractivity contribution < 1.29 is 13.9 Å². The second-order valence-electron chi connectivity index (χ2n) is 5.35. The van der Waals surface area contributed by atoms with Gasteiger partial charge in [-0.25, -0.2) is 8.78 Å². The van der Waals surface area contributed by atoms with E-state index in [2.05, 4.69) is 5.32 Å². The van der Waals surface area contributed by atoms with Gasteiger partial charge in [0.15, 0.2) is 11.6 Å². The summed E-state index contributed by atoms with van der Waals surface area (Å²) in [5.41, 5.74) is 3.39. The summed E-state index contributed by atoms with van der Waals surface area (Å²) in [5.74, 6) is -1.36. The maximum absolute atomic E-state index is 13.2. The predicted molar refractivity (Wildman–Crippen MR) is 79.2 cm³/mol. The monoisotopic (exact) mass is 291 g/mol. The minimum absolute atomic E-state index is 0.102. The molecule has 2 aromatic carbocycles. The molecule has 0 heterocycles. The van der Waals surface area contributed by atoms with E-state index in [4.69, 9.17) is 0 Å². The third kappa shape index (κ3) is 3.58. The van der Waals surface area contributed by atoms with Gasteiger partial charge in [-0.05, 0) is 55.2 Å². The van der Waals surface area contributed by atoms with Crippen LogP contribution in [0, 0.1) is 25.5 Å². The van der Waals surface area contributed by atoms with Gasteiger partial charge < -0.3 is 10.4 Å². The zero-order chi connectivity index (χ0) is 15.6. The van der Waals surface area contributed by atoms with E-state index in [0.29, 0.717) is 17.9 Å². The van der Waals surface area contributed by atoms with E-state index in [0.717, 1.165) is 22.8 Å². The van der Waals surface area contributed by atoms with E-state index in [1.54, 1.807) is 6.07 Å². The van der Waals surface area contributed by atoms with Crippen molar-refractivity contribution in [1.29, 1.82) is 0 Å². The van der Waals surface area contributed by atoms with E-state index >= 15 is 0 Å². The Morgan fingerprint density at radius 2 is 1.67 bits per heavy atom. The Hall–Kier alpha value is -1.94. The number of aryl methyl sites for hydroxylation is 2. The molecule has 0 saturated heterocycles. The second kappa shape index (κ2) is 6.22. The molecule has 0 radical (unpaired) electrons. The molecule has 0 aliphatic carbocycles. The Morgan fingerprint density at radius 3 is 2.24 bits per heavy atom. The minimum Gasteiger partial charge on any atom is -0.507 e. The van der Waals surface area contributed by atoms with Gasteiger partial charge in [0, 0.05) is 12.6 Å². The molecule has 21 heavy (non-hydrogen) atoms. The maximum Gasteiger partial charge on any atom is 0.159 e.